The Morgan fingerprint density at radius 1 is 1.08 bits per heavy atom. The maximum absolute atomic E-state index is 12.3. The molecule has 0 spiro atoms. The van der Waals surface area contributed by atoms with Crippen molar-refractivity contribution < 1.29 is 17.9 Å². The van der Waals surface area contributed by atoms with E-state index in [1.165, 1.54) is 18.2 Å². The summed E-state index contributed by atoms with van der Waals surface area (Å²) in [5.74, 6) is 0.631. The lowest BCUT2D eigenvalue weighted by atomic mass is 10.1. The molecule has 0 aliphatic carbocycles. The van der Waals surface area contributed by atoms with Gasteiger partial charge in [-0.1, -0.05) is 19.9 Å². The smallest absolute Gasteiger partial charge is 0.406 e. The fourth-order valence-electron chi connectivity index (χ4n) is 1.87. The first-order valence-electron chi connectivity index (χ1n) is 8.26. The van der Waals surface area contributed by atoms with E-state index >= 15 is 0 Å². The number of halogens is 3. The summed E-state index contributed by atoms with van der Waals surface area (Å²) in [5.41, 5.74) is 0.976. The van der Waals surface area contributed by atoms with E-state index in [4.69, 9.17) is 0 Å². The summed E-state index contributed by atoms with van der Waals surface area (Å²) < 4.78 is 40.8. The average molecular weight is 370 g/mol. The predicted octanol–water partition coefficient (Wildman–Crippen LogP) is 5.66. The van der Waals surface area contributed by atoms with Crippen LogP contribution in [-0.2, 0) is 0 Å². The van der Waals surface area contributed by atoms with Crippen molar-refractivity contribution in [2.24, 2.45) is 0 Å². The highest BCUT2D eigenvalue weighted by molar-refractivity contribution is 5.61. The first kappa shape index (κ1) is 21.5. The number of aromatic nitrogens is 2. The fourth-order valence-corrected chi connectivity index (χ4v) is 1.87. The van der Waals surface area contributed by atoms with Crippen molar-refractivity contribution in [3.8, 4) is 5.75 Å². The van der Waals surface area contributed by atoms with Gasteiger partial charge in [-0.15, -0.1) is 13.2 Å². The van der Waals surface area contributed by atoms with Crippen LogP contribution in [0.1, 0.15) is 40.2 Å². The summed E-state index contributed by atoms with van der Waals surface area (Å²) in [4.78, 5) is 8.56. The molecule has 0 atom stereocenters. The summed E-state index contributed by atoms with van der Waals surface area (Å²) in [6.07, 6.45) is -3.09. The van der Waals surface area contributed by atoms with Gasteiger partial charge in [-0.2, -0.15) is 4.98 Å². The SMILES string of the molecule is CC.Cc1cnc(NC(C)(C)C)nc1Nc1cccc(OC(F)(F)F)c1. The molecule has 0 amide bonds. The third-order valence-electron chi connectivity index (χ3n) is 2.79. The molecule has 2 aromatic rings. The van der Waals surface area contributed by atoms with Crippen LogP contribution in [0, 0.1) is 6.92 Å². The van der Waals surface area contributed by atoms with Gasteiger partial charge in [-0.05, 0) is 39.8 Å². The van der Waals surface area contributed by atoms with E-state index in [1.54, 1.807) is 19.2 Å². The van der Waals surface area contributed by atoms with E-state index in [0.29, 0.717) is 17.5 Å². The predicted molar refractivity (Wildman–Crippen MR) is 97.9 cm³/mol. The summed E-state index contributed by atoms with van der Waals surface area (Å²) in [7, 11) is 0. The first-order valence-corrected chi connectivity index (χ1v) is 8.26. The number of nitrogens with zero attached hydrogens (tertiary/aromatic N) is 2. The molecule has 2 N–H and O–H groups in total. The molecule has 2 rings (SSSR count). The van der Waals surface area contributed by atoms with E-state index in [-0.39, 0.29) is 11.3 Å². The summed E-state index contributed by atoms with van der Waals surface area (Å²) in [6, 6.07) is 5.58. The van der Waals surface area contributed by atoms with Crippen LogP contribution < -0.4 is 15.4 Å². The second kappa shape index (κ2) is 8.73. The van der Waals surface area contributed by atoms with Crippen LogP contribution in [0.25, 0.3) is 0 Å². The summed E-state index contributed by atoms with van der Waals surface area (Å²) in [5, 5.41) is 6.13. The lowest BCUT2D eigenvalue weighted by Crippen LogP contribution is -2.27. The number of anilines is 3. The minimum atomic E-state index is -4.73. The van der Waals surface area contributed by atoms with Gasteiger partial charge in [0.25, 0.3) is 0 Å². The lowest BCUT2D eigenvalue weighted by Gasteiger charge is -2.21. The molecule has 5 nitrogen and oxygen atoms in total. The van der Waals surface area contributed by atoms with Gasteiger partial charge >= 0.3 is 6.36 Å². The lowest BCUT2D eigenvalue weighted by molar-refractivity contribution is -0.274. The van der Waals surface area contributed by atoms with Crippen molar-refractivity contribution >= 4 is 17.5 Å². The normalized spacial score (nSPS) is 11.3. The number of rotatable bonds is 4. The average Bonchev–Trinajstić information content (AvgIpc) is 2.50. The molecule has 0 radical (unpaired) electrons. The van der Waals surface area contributed by atoms with Crippen molar-refractivity contribution in [2.45, 2.75) is 53.4 Å². The highest BCUT2D eigenvalue weighted by Gasteiger charge is 2.31. The van der Waals surface area contributed by atoms with Crippen molar-refractivity contribution in [1.82, 2.24) is 9.97 Å². The Kier molecular flexibility index (Phi) is 7.23. The Balaban J connectivity index is 0.00000163. The number of nitrogens with one attached hydrogen (secondary N) is 2. The minimum Gasteiger partial charge on any atom is -0.406 e. The molecule has 26 heavy (non-hydrogen) atoms. The molecular weight excluding hydrogens is 345 g/mol. The number of aryl methyl sites for hydroxylation is 1. The molecule has 0 bridgehead atoms. The number of hydrogen-bond acceptors (Lipinski definition) is 5. The Hall–Kier alpha value is -2.51. The molecule has 8 heteroatoms. The van der Waals surface area contributed by atoms with Gasteiger partial charge in [0.2, 0.25) is 5.95 Å². The van der Waals surface area contributed by atoms with Gasteiger partial charge in [-0.3, -0.25) is 0 Å². The highest BCUT2D eigenvalue weighted by Crippen LogP contribution is 2.27. The van der Waals surface area contributed by atoms with E-state index < -0.39 is 6.36 Å². The van der Waals surface area contributed by atoms with E-state index in [0.717, 1.165) is 5.56 Å². The summed E-state index contributed by atoms with van der Waals surface area (Å²) >= 11 is 0. The topological polar surface area (TPSA) is 59.1 Å². The van der Waals surface area contributed by atoms with E-state index in [2.05, 4.69) is 25.3 Å². The number of hydrogen-bond donors (Lipinski definition) is 2. The molecular formula is C18H25F3N4O. The largest absolute Gasteiger partial charge is 0.573 e. The van der Waals surface area contributed by atoms with Crippen molar-refractivity contribution in [1.29, 1.82) is 0 Å². The number of alkyl halides is 3. The molecule has 1 aromatic heterocycles. The van der Waals surface area contributed by atoms with Crippen LogP contribution >= 0.6 is 0 Å². The van der Waals surface area contributed by atoms with Crippen LogP contribution in [0.3, 0.4) is 0 Å². The fraction of sp³-hybridized carbons (Fsp3) is 0.444. The molecule has 0 aliphatic heterocycles. The zero-order valence-electron chi connectivity index (χ0n) is 15.8. The molecule has 0 saturated heterocycles. The Morgan fingerprint density at radius 3 is 2.31 bits per heavy atom. The minimum absolute atomic E-state index is 0.215. The molecule has 0 saturated carbocycles. The van der Waals surface area contributed by atoms with Crippen LogP contribution in [-0.4, -0.2) is 21.9 Å². The van der Waals surface area contributed by atoms with Gasteiger partial charge in [0.05, 0.1) is 0 Å². The number of ether oxygens (including phenoxy) is 1. The Morgan fingerprint density at radius 2 is 1.73 bits per heavy atom. The monoisotopic (exact) mass is 370 g/mol. The zero-order chi connectivity index (χ0) is 20.0. The third-order valence-corrected chi connectivity index (χ3v) is 2.79. The van der Waals surface area contributed by atoms with E-state index in [9.17, 15) is 13.2 Å². The van der Waals surface area contributed by atoms with Crippen molar-refractivity contribution in [2.75, 3.05) is 10.6 Å². The van der Waals surface area contributed by atoms with Gasteiger partial charge in [0.1, 0.15) is 11.6 Å². The van der Waals surface area contributed by atoms with Crippen molar-refractivity contribution in [3.63, 3.8) is 0 Å². The molecule has 0 aliphatic rings. The van der Waals surface area contributed by atoms with Gasteiger partial charge in [-0.25, -0.2) is 4.98 Å². The molecule has 1 heterocycles. The van der Waals surface area contributed by atoms with Crippen LogP contribution in [0.15, 0.2) is 30.5 Å². The zero-order valence-corrected chi connectivity index (χ0v) is 15.8. The number of benzene rings is 1. The van der Waals surface area contributed by atoms with Crippen LogP contribution in [0.4, 0.5) is 30.6 Å². The molecule has 0 fully saturated rings. The molecule has 144 valence electrons. The van der Waals surface area contributed by atoms with Gasteiger partial charge in [0, 0.05) is 29.1 Å². The first-order chi connectivity index (χ1) is 12.0. The third kappa shape index (κ3) is 7.58. The van der Waals surface area contributed by atoms with Gasteiger partial charge in [0.15, 0.2) is 0 Å². The maximum atomic E-state index is 12.3. The second-order valence-corrected chi connectivity index (χ2v) is 6.30. The quantitative estimate of drug-likeness (QED) is 0.727. The van der Waals surface area contributed by atoms with Gasteiger partial charge < -0.3 is 15.4 Å². The van der Waals surface area contributed by atoms with E-state index in [1.807, 2.05) is 34.6 Å². The Bertz CT molecular complexity index is 712. The second-order valence-electron chi connectivity index (χ2n) is 6.30. The maximum Gasteiger partial charge on any atom is 0.573 e. The Labute approximate surface area is 152 Å². The standard InChI is InChI=1S/C16H19F3N4O.C2H6/c1-10-9-20-14(23-15(2,3)4)22-13(10)21-11-6-5-7-12(8-11)24-16(17,18)19;1-2/h5-9H,1-4H3,(H2,20,21,22,23);1-2H3. The molecule has 0 unspecified atom stereocenters. The van der Waals surface area contributed by atoms with Crippen LogP contribution in [0.5, 0.6) is 5.75 Å². The summed E-state index contributed by atoms with van der Waals surface area (Å²) in [6.45, 7) is 11.7. The van der Waals surface area contributed by atoms with Crippen LogP contribution in [0.2, 0.25) is 0 Å². The molecule has 1 aromatic carbocycles. The highest BCUT2D eigenvalue weighted by atomic mass is 19.4. The van der Waals surface area contributed by atoms with Crippen molar-refractivity contribution in [3.05, 3.63) is 36.0 Å².